The topological polar surface area (TPSA) is 38.8 Å². The Morgan fingerprint density at radius 3 is 2.48 bits per heavy atom. The summed E-state index contributed by atoms with van der Waals surface area (Å²) in [5, 5.41) is 0.796. The van der Waals surface area contributed by atoms with Crippen LogP contribution in [0.25, 0.3) is 0 Å². The van der Waals surface area contributed by atoms with Gasteiger partial charge in [-0.1, -0.05) is 15.9 Å². The Morgan fingerprint density at radius 2 is 1.90 bits per heavy atom. The minimum absolute atomic E-state index is 0.0703. The SMILES string of the molecule is CCOc1ccc(C(=O)N(CCBr)C2CC2)cc1OCC. The molecule has 0 radical (unpaired) electrons. The average Bonchev–Trinajstić information content (AvgIpc) is 3.31. The lowest BCUT2D eigenvalue weighted by Crippen LogP contribution is -2.34. The van der Waals surface area contributed by atoms with Gasteiger partial charge in [0.05, 0.1) is 13.2 Å². The van der Waals surface area contributed by atoms with Gasteiger partial charge in [-0.15, -0.1) is 0 Å². The molecule has 0 N–H and O–H groups in total. The summed E-state index contributed by atoms with van der Waals surface area (Å²) in [6.45, 7) is 5.71. The highest BCUT2D eigenvalue weighted by atomic mass is 79.9. The maximum atomic E-state index is 12.7. The van der Waals surface area contributed by atoms with E-state index in [9.17, 15) is 4.79 Å². The van der Waals surface area contributed by atoms with E-state index in [1.54, 1.807) is 6.07 Å². The van der Waals surface area contributed by atoms with Gasteiger partial charge in [0, 0.05) is 23.5 Å². The van der Waals surface area contributed by atoms with Crippen LogP contribution in [0.3, 0.4) is 0 Å². The highest BCUT2D eigenvalue weighted by Gasteiger charge is 2.32. The van der Waals surface area contributed by atoms with Gasteiger partial charge in [-0.3, -0.25) is 4.79 Å². The number of halogens is 1. The van der Waals surface area contributed by atoms with Gasteiger partial charge in [-0.25, -0.2) is 0 Å². The number of benzene rings is 1. The largest absolute Gasteiger partial charge is 0.490 e. The van der Waals surface area contributed by atoms with E-state index < -0.39 is 0 Å². The molecule has 1 aliphatic carbocycles. The van der Waals surface area contributed by atoms with Crippen molar-refractivity contribution in [2.45, 2.75) is 32.7 Å². The first-order valence-corrected chi connectivity index (χ1v) is 8.60. The molecular formula is C16H22BrNO3. The summed E-state index contributed by atoms with van der Waals surface area (Å²) < 4.78 is 11.1. The lowest BCUT2D eigenvalue weighted by Gasteiger charge is -2.22. The van der Waals surface area contributed by atoms with Crippen molar-refractivity contribution >= 4 is 21.8 Å². The van der Waals surface area contributed by atoms with Crippen LogP contribution in [0.5, 0.6) is 11.5 Å². The highest BCUT2D eigenvalue weighted by molar-refractivity contribution is 9.09. The zero-order valence-corrected chi connectivity index (χ0v) is 14.2. The third-order valence-electron chi connectivity index (χ3n) is 3.36. The molecule has 5 heteroatoms. The highest BCUT2D eigenvalue weighted by Crippen LogP contribution is 2.32. The van der Waals surface area contributed by atoms with Gasteiger partial charge in [0.1, 0.15) is 0 Å². The number of nitrogens with zero attached hydrogens (tertiary/aromatic N) is 1. The molecule has 0 spiro atoms. The fraction of sp³-hybridized carbons (Fsp3) is 0.562. The molecule has 21 heavy (non-hydrogen) atoms. The van der Waals surface area contributed by atoms with Crippen molar-refractivity contribution in [3.8, 4) is 11.5 Å². The van der Waals surface area contributed by atoms with Crippen molar-refractivity contribution in [1.82, 2.24) is 4.90 Å². The maximum Gasteiger partial charge on any atom is 0.254 e. The number of hydrogen-bond donors (Lipinski definition) is 0. The molecule has 116 valence electrons. The molecule has 0 bridgehead atoms. The quantitative estimate of drug-likeness (QED) is 0.670. The first-order chi connectivity index (χ1) is 10.2. The first kappa shape index (κ1) is 16.1. The predicted molar refractivity (Wildman–Crippen MR) is 86.6 cm³/mol. The molecule has 0 unspecified atom stereocenters. The fourth-order valence-corrected chi connectivity index (χ4v) is 2.66. The minimum Gasteiger partial charge on any atom is -0.490 e. The van der Waals surface area contributed by atoms with E-state index in [-0.39, 0.29) is 5.91 Å². The van der Waals surface area contributed by atoms with Gasteiger partial charge < -0.3 is 14.4 Å². The molecule has 0 atom stereocenters. The number of carbonyl (C=O) groups is 1. The van der Waals surface area contributed by atoms with Gasteiger partial charge in [-0.05, 0) is 44.9 Å². The Hall–Kier alpha value is -1.23. The van der Waals surface area contributed by atoms with E-state index in [4.69, 9.17) is 9.47 Å². The Kier molecular flexibility index (Phi) is 5.91. The van der Waals surface area contributed by atoms with Crippen LogP contribution in [-0.4, -0.2) is 41.9 Å². The van der Waals surface area contributed by atoms with Gasteiger partial charge in [0.25, 0.3) is 5.91 Å². The smallest absolute Gasteiger partial charge is 0.254 e. The Balaban J connectivity index is 2.21. The van der Waals surface area contributed by atoms with E-state index >= 15 is 0 Å². The average molecular weight is 356 g/mol. The minimum atomic E-state index is 0.0703. The van der Waals surface area contributed by atoms with Crippen LogP contribution in [0, 0.1) is 0 Å². The number of alkyl halides is 1. The number of amides is 1. The molecule has 0 heterocycles. The van der Waals surface area contributed by atoms with Crippen LogP contribution in [-0.2, 0) is 0 Å². The summed E-state index contributed by atoms with van der Waals surface area (Å²) >= 11 is 3.42. The molecule has 1 saturated carbocycles. The summed E-state index contributed by atoms with van der Waals surface area (Å²) in [5.74, 6) is 1.40. The summed E-state index contributed by atoms with van der Waals surface area (Å²) in [6.07, 6.45) is 2.21. The molecule has 1 aromatic rings. The third kappa shape index (κ3) is 4.13. The second-order valence-corrected chi connectivity index (χ2v) is 5.74. The van der Waals surface area contributed by atoms with Crippen LogP contribution in [0.1, 0.15) is 37.0 Å². The lowest BCUT2D eigenvalue weighted by molar-refractivity contribution is 0.0754. The van der Waals surface area contributed by atoms with Crippen molar-refractivity contribution in [2.75, 3.05) is 25.1 Å². The maximum absolute atomic E-state index is 12.7. The molecule has 0 aliphatic heterocycles. The zero-order chi connectivity index (χ0) is 15.2. The van der Waals surface area contributed by atoms with Gasteiger partial charge in [0.15, 0.2) is 11.5 Å². The van der Waals surface area contributed by atoms with E-state index in [2.05, 4.69) is 15.9 Å². The molecule has 0 aromatic heterocycles. The Labute approximate surface area is 134 Å². The molecule has 1 aromatic carbocycles. The number of rotatable bonds is 8. The molecular weight excluding hydrogens is 334 g/mol. The third-order valence-corrected chi connectivity index (χ3v) is 3.72. The van der Waals surface area contributed by atoms with Crippen LogP contribution in [0.4, 0.5) is 0 Å². The summed E-state index contributed by atoms with van der Waals surface area (Å²) in [5.41, 5.74) is 0.662. The summed E-state index contributed by atoms with van der Waals surface area (Å²) in [6, 6.07) is 5.83. The molecule has 1 fully saturated rings. The second-order valence-electron chi connectivity index (χ2n) is 4.95. The normalized spacial score (nSPS) is 13.9. The Morgan fingerprint density at radius 1 is 1.24 bits per heavy atom. The van der Waals surface area contributed by atoms with Gasteiger partial charge in [0.2, 0.25) is 0 Å². The summed E-state index contributed by atoms with van der Waals surface area (Å²) in [7, 11) is 0. The monoisotopic (exact) mass is 355 g/mol. The number of carbonyl (C=O) groups excluding carboxylic acids is 1. The van der Waals surface area contributed by atoms with Crippen molar-refractivity contribution in [3.63, 3.8) is 0 Å². The molecule has 1 aliphatic rings. The predicted octanol–water partition coefficient (Wildman–Crippen LogP) is 3.48. The number of hydrogen-bond acceptors (Lipinski definition) is 3. The van der Waals surface area contributed by atoms with E-state index in [0.29, 0.717) is 36.3 Å². The van der Waals surface area contributed by atoms with Crippen molar-refractivity contribution in [2.24, 2.45) is 0 Å². The number of ether oxygens (including phenoxy) is 2. The van der Waals surface area contributed by atoms with Crippen molar-refractivity contribution < 1.29 is 14.3 Å². The summed E-state index contributed by atoms with van der Waals surface area (Å²) in [4.78, 5) is 14.6. The van der Waals surface area contributed by atoms with E-state index in [1.807, 2.05) is 30.9 Å². The van der Waals surface area contributed by atoms with Crippen LogP contribution >= 0.6 is 15.9 Å². The first-order valence-electron chi connectivity index (χ1n) is 7.47. The lowest BCUT2D eigenvalue weighted by atomic mass is 10.1. The van der Waals surface area contributed by atoms with Crippen LogP contribution < -0.4 is 9.47 Å². The van der Waals surface area contributed by atoms with Gasteiger partial charge >= 0.3 is 0 Å². The molecule has 2 rings (SSSR count). The van der Waals surface area contributed by atoms with E-state index in [1.165, 1.54) is 0 Å². The molecule has 0 saturated heterocycles. The van der Waals surface area contributed by atoms with Crippen molar-refractivity contribution in [3.05, 3.63) is 23.8 Å². The fourth-order valence-electron chi connectivity index (χ4n) is 2.28. The zero-order valence-electron chi connectivity index (χ0n) is 12.6. The second kappa shape index (κ2) is 7.69. The van der Waals surface area contributed by atoms with Crippen LogP contribution in [0.2, 0.25) is 0 Å². The standard InChI is InChI=1S/C16H22BrNO3/c1-3-20-14-8-5-12(11-15(14)21-4-2)16(19)18(10-9-17)13-6-7-13/h5,8,11,13H,3-4,6-7,9-10H2,1-2H3. The van der Waals surface area contributed by atoms with Gasteiger partial charge in [-0.2, -0.15) is 0 Å². The van der Waals surface area contributed by atoms with E-state index in [0.717, 1.165) is 24.7 Å². The molecule has 1 amide bonds. The van der Waals surface area contributed by atoms with Crippen molar-refractivity contribution in [1.29, 1.82) is 0 Å². The Bertz CT molecular complexity index is 488. The molecule has 4 nitrogen and oxygen atoms in total. The van der Waals surface area contributed by atoms with Crippen LogP contribution in [0.15, 0.2) is 18.2 Å².